The van der Waals surface area contributed by atoms with Gasteiger partial charge in [-0.1, -0.05) is 0 Å². The fourth-order valence-corrected chi connectivity index (χ4v) is 4.76. The van der Waals surface area contributed by atoms with Gasteiger partial charge in [-0.3, -0.25) is 4.79 Å². The van der Waals surface area contributed by atoms with Crippen LogP contribution in [-0.2, 0) is 17.6 Å². The number of aryl methyl sites for hydroxylation is 2. The Morgan fingerprint density at radius 2 is 2.38 bits per heavy atom. The molecule has 3 heterocycles. The van der Waals surface area contributed by atoms with Gasteiger partial charge >= 0.3 is 0 Å². The third kappa shape index (κ3) is 3.01. The second kappa shape index (κ2) is 6.70. The number of nitrogens with zero attached hydrogens (tertiary/aromatic N) is 1. The van der Waals surface area contributed by atoms with Crippen molar-refractivity contribution in [2.24, 2.45) is 0 Å². The predicted octanol–water partition coefficient (Wildman–Crippen LogP) is 2.79. The van der Waals surface area contributed by atoms with Gasteiger partial charge in [-0.15, -0.1) is 11.3 Å². The van der Waals surface area contributed by atoms with Crippen LogP contribution in [0.15, 0.2) is 28.9 Å². The van der Waals surface area contributed by atoms with Gasteiger partial charge in [-0.05, 0) is 43.0 Å². The lowest BCUT2D eigenvalue weighted by molar-refractivity contribution is -0.0193. The van der Waals surface area contributed by atoms with Gasteiger partial charge in [0.1, 0.15) is 11.9 Å². The van der Waals surface area contributed by atoms with Gasteiger partial charge < -0.3 is 19.2 Å². The lowest BCUT2D eigenvalue weighted by Gasteiger charge is -2.36. The van der Waals surface area contributed by atoms with Gasteiger partial charge in [0.25, 0.3) is 5.91 Å². The van der Waals surface area contributed by atoms with Gasteiger partial charge in [0.15, 0.2) is 0 Å². The molecule has 0 spiro atoms. The molecule has 2 aromatic rings. The highest BCUT2D eigenvalue weighted by Gasteiger charge is 2.32. The first-order chi connectivity index (χ1) is 11.7. The Morgan fingerprint density at radius 3 is 3.17 bits per heavy atom. The topological polar surface area (TPSA) is 62.9 Å². The molecule has 1 amide bonds. The summed E-state index contributed by atoms with van der Waals surface area (Å²) in [6, 6.07) is 5.43. The van der Waals surface area contributed by atoms with Crippen LogP contribution in [0.4, 0.5) is 0 Å². The molecule has 1 N–H and O–H groups in total. The van der Waals surface area contributed by atoms with E-state index in [0.717, 1.165) is 17.7 Å². The van der Waals surface area contributed by atoms with Crippen molar-refractivity contribution in [3.63, 3.8) is 0 Å². The van der Waals surface area contributed by atoms with Crippen LogP contribution >= 0.6 is 11.3 Å². The summed E-state index contributed by atoms with van der Waals surface area (Å²) in [6.07, 6.45) is 4.62. The Labute approximate surface area is 144 Å². The van der Waals surface area contributed by atoms with Crippen LogP contribution in [0, 0.1) is 0 Å². The molecule has 0 aromatic carbocycles. The zero-order chi connectivity index (χ0) is 16.5. The Kier molecular flexibility index (Phi) is 4.43. The molecule has 5 nitrogen and oxygen atoms in total. The number of rotatable bonds is 4. The summed E-state index contributed by atoms with van der Waals surface area (Å²) in [7, 11) is 0. The van der Waals surface area contributed by atoms with Crippen LogP contribution in [0.5, 0.6) is 0 Å². The van der Waals surface area contributed by atoms with Gasteiger partial charge in [-0.2, -0.15) is 0 Å². The molecule has 1 aliphatic carbocycles. The molecule has 0 bridgehead atoms. The Bertz CT molecular complexity index is 687. The zero-order valence-corrected chi connectivity index (χ0v) is 14.3. The van der Waals surface area contributed by atoms with Crippen LogP contribution in [-0.4, -0.2) is 41.7 Å². The number of furan rings is 1. The number of hydrogen-bond acceptors (Lipinski definition) is 5. The minimum Gasteiger partial charge on any atom is -0.467 e. The normalized spacial score (nSPS) is 21.7. The van der Waals surface area contributed by atoms with E-state index < -0.39 is 6.10 Å². The number of carbonyl (C=O) groups excluding carboxylic acids is 1. The number of ether oxygens (including phenoxy) is 1. The highest BCUT2D eigenvalue weighted by molar-refractivity contribution is 7.14. The first-order valence-corrected chi connectivity index (χ1v) is 9.26. The summed E-state index contributed by atoms with van der Waals surface area (Å²) in [4.78, 5) is 17.0. The average molecular weight is 347 g/mol. The Morgan fingerprint density at radius 1 is 1.46 bits per heavy atom. The third-order valence-corrected chi connectivity index (χ3v) is 6.04. The molecular formula is C18H21NO4S. The van der Waals surface area contributed by atoms with Crippen molar-refractivity contribution >= 4 is 17.2 Å². The molecule has 4 rings (SSSR count). The second-order valence-corrected chi connectivity index (χ2v) is 7.54. The number of fused-ring (bicyclic) bond motifs is 1. The van der Waals surface area contributed by atoms with E-state index in [1.54, 1.807) is 29.7 Å². The fourth-order valence-electron chi connectivity index (χ4n) is 3.55. The molecule has 0 saturated carbocycles. The first kappa shape index (κ1) is 15.9. The first-order valence-electron chi connectivity index (χ1n) is 8.44. The third-order valence-electron chi connectivity index (χ3n) is 4.81. The molecule has 128 valence electrons. The summed E-state index contributed by atoms with van der Waals surface area (Å²) in [5, 5.41) is 10.3. The van der Waals surface area contributed by atoms with E-state index in [9.17, 15) is 9.90 Å². The van der Waals surface area contributed by atoms with Crippen LogP contribution in [0.1, 0.15) is 44.8 Å². The highest BCUT2D eigenvalue weighted by atomic mass is 32.1. The van der Waals surface area contributed by atoms with Gasteiger partial charge in [0.05, 0.1) is 30.4 Å². The fraction of sp³-hybridized carbons (Fsp3) is 0.500. The number of amides is 1. The lowest BCUT2D eigenvalue weighted by atomic mass is 10.0. The van der Waals surface area contributed by atoms with Crippen molar-refractivity contribution in [2.75, 3.05) is 19.8 Å². The number of aliphatic hydroxyl groups is 1. The van der Waals surface area contributed by atoms with E-state index in [1.807, 2.05) is 4.90 Å². The molecule has 6 heteroatoms. The van der Waals surface area contributed by atoms with Crippen molar-refractivity contribution in [3.05, 3.63) is 45.5 Å². The summed E-state index contributed by atoms with van der Waals surface area (Å²) < 4.78 is 10.8. The molecule has 2 aliphatic rings. The smallest absolute Gasteiger partial charge is 0.264 e. The number of hydrogen-bond donors (Lipinski definition) is 1. The lowest BCUT2D eigenvalue weighted by Crippen LogP contribution is -2.49. The van der Waals surface area contributed by atoms with E-state index in [-0.39, 0.29) is 11.9 Å². The maximum atomic E-state index is 13.0. The van der Waals surface area contributed by atoms with Crippen molar-refractivity contribution in [2.45, 2.75) is 37.8 Å². The highest BCUT2D eigenvalue weighted by Crippen LogP contribution is 2.32. The maximum Gasteiger partial charge on any atom is 0.264 e. The molecule has 0 radical (unpaired) electrons. The summed E-state index contributed by atoms with van der Waals surface area (Å²) in [5.41, 5.74) is 1.34. The van der Waals surface area contributed by atoms with Crippen LogP contribution in [0.3, 0.4) is 0 Å². The van der Waals surface area contributed by atoms with E-state index >= 15 is 0 Å². The minimum atomic E-state index is -0.727. The van der Waals surface area contributed by atoms with E-state index in [4.69, 9.17) is 9.15 Å². The van der Waals surface area contributed by atoms with Crippen LogP contribution < -0.4 is 0 Å². The Hall–Kier alpha value is -1.63. The number of carbonyl (C=O) groups is 1. The largest absolute Gasteiger partial charge is 0.467 e. The van der Waals surface area contributed by atoms with Crippen molar-refractivity contribution in [1.29, 1.82) is 0 Å². The van der Waals surface area contributed by atoms with Crippen molar-refractivity contribution < 1.29 is 19.1 Å². The van der Waals surface area contributed by atoms with Gasteiger partial charge in [0, 0.05) is 17.8 Å². The van der Waals surface area contributed by atoms with Crippen molar-refractivity contribution in [3.8, 4) is 0 Å². The number of morpholine rings is 1. The molecule has 1 fully saturated rings. The number of aliphatic hydroxyl groups excluding tert-OH is 1. The maximum absolute atomic E-state index is 13.0. The van der Waals surface area contributed by atoms with Crippen molar-refractivity contribution in [1.82, 2.24) is 4.90 Å². The standard InChI is InChI=1S/C18H21NO4S/c20-14(15-4-2-7-23-15)10-13-11-22-8-6-19(13)18(21)17-9-12-3-1-5-16(12)24-17/h2,4,7,9,13-14,20H,1,3,5-6,8,10-11H2/t13-,14-/m1/s1. The quantitative estimate of drug-likeness (QED) is 0.924. The summed E-state index contributed by atoms with van der Waals surface area (Å²) in [5.74, 6) is 0.595. The molecule has 24 heavy (non-hydrogen) atoms. The minimum absolute atomic E-state index is 0.0642. The molecular weight excluding hydrogens is 326 g/mol. The zero-order valence-electron chi connectivity index (χ0n) is 13.4. The Balaban J connectivity index is 1.49. The molecule has 1 saturated heterocycles. The monoisotopic (exact) mass is 347 g/mol. The van der Waals surface area contributed by atoms with E-state index in [1.165, 1.54) is 16.9 Å². The predicted molar refractivity (Wildman–Crippen MR) is 90.3 cm³/mol. The van der Waals surface area contributed by atoms with Gasteiger partial charge in [0.2, 0.25) is 0 Å². The summed E-state index contributed by atoms with van der Waals surface area (Å²) in [6.45, 7) is 1.57. The van der Waals surface area contributed by atoms with E-state index in [2.05, 4.69) is 6.07 Å². The number of thiophene rings is 1. The molecule has 0 unspecified atom stereocenters. The molecule has 2 atom stereocenters. The second-order valence-electron chi connectivity index (χ2n) is 6.41. The molecule has 1 aliphatic heterocycles. The summed E-state index contributed by atoms with van der Waals surface area (Å²) >= 11 is 1.63. The molecule has 2 aromatic heterocycles. The average Bonchev–Trinajstić information content (AvgIpc) is 3.31. The van der Waals surface area contributed by atoms with E-state index in [0.29, 0.717) is 31.9 Å². The SMILES string of the molecule is O=C(c1cc2c(s1)CCC2)N1CCOC[C@H]1C[C@@H](O)c1ccco1. The van der Waals surface area contributed by atoms with Gasteiger partial charge in [-0.25, -0.2) is 0 Å². The van der Waals surface area contributed by atoms with Crippen LogP contribution in [0.2, 0.25) is 0 Å². The van der Waals surface area contributed by atoms with Crippen LogP contribution in [0.25, 0.3) is 0 Å².